The van der Waals surface area contributed by atoms with E-state index in [0.717, 1.165) is 30.3 Å². The summed E-state index contributed by atoms with van der Waals surface area (Å²) in [7, 11) is 1.71. The molecule has 1 aliphatic rings. The maximum Gasteiger partial charge on any atom is 0.125 e. The summed E-state index contributed by atoms with van der Waals surface area (Å²) in [4.78, 5) is 2.43. The van der Waals surface area contributed by atoms with Crippen LogP contribution in [0.5, 0.6) is 5.75 Å². The third kappa shape index (κ3) is 2.78. The van der Waals surface area contributed by atoms with E-state index in [1.807, 2.05) is 13.0 Å². The Labute approximate surface area is 110 Å². The number of hydrogen-bond acceptors (Lipinski definition) is 3. The lowest BCUT2D eigenvalue weighted by molar-refractivity contribution is 0.407. The van der Waals surface area contributed by atoms with Crippen LogP contribution in [0.3, 0.4) is 0 Å². The van der Waals surface area contributed by atoms with Crippen LogP contribution < -0.4 is 15.4 Å². The minimum atomic E-state index is -0.00981. The molecule has 0 aliphatic heterocycles. The van der Waals surface area contributed by atoms with Crippen molar-refractivity contribution in [1.29, 1.82) is 0 Å². The fourth-order valence-electron chi connectivity index (χ4n) is 2.45. The van der Waals surface area contributed by atoms with Gasteiger partial charge in [-0.1, -0.05) is 6.07 Å². The zero-order valence-corrected chi connectivity index (χ0v) is 11.6. The molecule has 0 amide bonds. The summed E-state index contributed by atoms with van der Waals surface area (Å²) in [5, 5.41) is 0. The highest BCUT2D eigenvalue weighted by Crippen LogP contribution is 2.36. The number of benzene rings is 1. The van der Waals surface area contributed by atoms with E-state index in [-0.39, 0.29) is 6.04 Å². The first-order valence-corrected chi connectivity index (χ1v) is 6.84. The van der Waals surface area contributed by atoms with Crippen molar-refractivity contribution in [2.24, 2.45) is 11.7 Å². The second-order valence-electron chi connectivity index (χ2n) is 5.16. The normalized spacial score (nSPS) is 16.4. The smallest absolute Gasteiger partial charge is 0.125 e. The summed E-state index contributed by atoms with van der Waals surface area (Å²) in [6.45, 7) is 6.38. The van der Waals surface area contributed by atoms with Gasteiger partial charge in [-0.3, -0.25) is 0 Å². The summed E-state index contributed by atoms with van der Waals surface area (Å²) in [5.41, 5.74) is 8.49. The summed E-state index contributed by atoms with van der Waals surface area (Å²) in [6, 6.07) is 6.19. The number of anilines is 1. The van der Waals surface area contributed by atoms with Crippen LogP contribution in [0.15, 0.2) is 18.2 Å². The number of methoxy groups -OCH3 is 1. The lowest BCUT2D eigenvalue weighted by Crippen LogP contribution is -2.27. The van der Waals surface area contributed by atoms with Crippen molar-refractivity contribution in [3.63, 3.8) is 0 Å². The van der Waals surface area contributed by atoms with Crippen molar-refractivity contribution in [2.75, 3.05) is 25.1 Å². The molecule has 1 aromatic carbocycles. The molecule has 0 bridgehead atoms. The van der Waals surface area contributed by atoms with Crippen molar-refractivity contribution < 1.29 is 4.74 Å². The molecule has 1 aromatic rings. The molecule has 0 spiro atoms. The second kappa shape index (κ2) is 5.61. The maximum atomic E-state index is 6.12. The number of nitrogens with zero attached hydrogens (tertiary/aromatic N) is 1. The van der Waals surface area contributed by atoms with Gasteiger partial charge in [0.2, 0.25) is 0 Å². The molecule has 3 nitrogen and oxygen atoms in total. The Kier molecular flexibility index (Phi) is 4.12. The predicted octanol–water partition coefficient (Wildman–Crippen LogP) is 2.95. The topological polar surface area (TPSA) is 38.5 Å². The first-order chi connectivity index (χ1) is 8.67. The molecule has 0 unspecified atom stereocenters. The summed E-state index contributed by atoms with van der Waals surface area (Å²) in [6.07, 6.45) is 2.74. The average molecular weight is 248 g/mol. The van der Waals surface area contributed by atoms with E-state index >= 15 is 0 Å². The van der Waals surface area contributed by atoms with Gasteiger partial charge in [0, 0.05) is 30.4 Å². The molecule has 1 saturated carbocycles. The molecule has 1 atom stereocenters. The average Bonchev–Trinajstić information content (AvgIpc) is 3.18. The highest BCUT2D eigenvalue weighted by atomic mass is 16.5. The van der Waals surface area contributed by atoms with E-state index in [9.17, 15) is 0 Å². The monoisotopic (exact) mass is 248 g/mol. The molecule has 0 radical (unpaired) electrons. The molecule has 0 saturated heterocycles. The van der Waals surface area contributed by atoms with E-state index in [4.69, 9.17) is 10.5 Å². The van der Waals surface area contributed by atoms with E-state index in [1.54, 1.807) is 7.11 Å². The Morgan fingerprint density at radius 1 is 1.44 bits per heavy atom. The van der Waals surface area contributed by atoms with Crippen LogP contribution in [0.4, 0.5) is 5.69 Å². The molecule has 2 N–H and O–H groups in total. The Bertz CT molecular complexity index is 399. The predicted molar refractivity (Wildman–Crippen MR) is 76.2 cm³/mol. The number of ether oxygens (including phenoxy) is 1. The molecule has 0 aromatic heterocycles. The lowest BCUT2D eigenvalue weighted by atomic mass is 10.0. The Balaban J connectivity index is 2.33. The third-order valence-corrected chi connectivity index (χ3v) is 3.62. The summed E-state index contributed by atoms with van der Waals surface area (Å²) >= 11 is 0. The molecular formula is C15H24N2O. The van der Waals surface area contributed by atoms with Crippen LogP contribution in [-0.2, 0) is 0 Å². The largest absolute Gasteiger partial charge is 0.496 e. The zero-order valence-electron chi connectivity index (χ0n) is 11.6. The molecule has 2 rings (SSSR count). The quantitative estimate of drug-likeness (QED) is 0.841. The zero-order chi connectivity index (χ0) is 13.1. The van der Waals surface area contributed by atoms with Crippen LogP contribution in [-0.4, -0.2) is 20.2 Å². The highest BCUT2D eigenvalue weighted by Gasteiger charge is 2.26. The SMILES string of the molecule is CCN(CC1CC1)c1cccc(OC)c1[C@H](C)N. The van der Waals surface area contributed by atoms with Gasteiger partial charge in [0.05, 0.1) is 7.11 Å². The summed E-state index contributed by atoms with van der Waals surface area (Å²) < 4.78 is 5.46. The highest BCUT2D eigenvalue weighted by molar-refractivity contribution is 5.60. The van der Waals surface area contributed by atoms with Gasteiger partial charge in [0.1, 0.15) is 5.75 Å². The van der Waals surface area contributed by atoms with Crippen LogP contribution in [0.1, 0.15) is 38.3 Å². The standard InChI is InChI=1S/C15H24N2O/c1-4-17(10-12-8-9-12)13-6-5-7-14(18-3)15(13)11(2)16/h5-7,11-12H,4,8-10,16H2,1-3H3/t11-/m0/s1. The van der Waals surface area contributed by atoms with Gasteiger partial charge in [0.15, 0.2) is 0 Å². The number of rotatable bonds is 6. The van der Waals surface area contributed by atoms with Crippen LogP contribution in [0.2, 0.25) is 0 Å². The van der Waals surface area contributed by atoms with Gasteiger partial charge in [-0.25, -0.2) is 0 Å². The molecule has 18 heavy (non-hydrogen) atoms. The minimum Gasteiger partial charge on any atom is -0.496 e. The van der Waals surface area contributed by atoms with Crippen molar-refractivity contribution >= 4 is 5.69 Å². The molecular weight excluding hydrogens is 224 g/mol. The van der Waals surface area contributed by atoms with Crippen molar-refractivity contribution in [2.45, 2.75) is 32.7 Å². The van der Waals surface area contributed by atoms with E-state index in [0.29, 0.717) is 0 Å². The molecule has 100 valence electrons. The van der Waals surface area contributed by atoms with E-state index in [1.165, 1.54) is 18.5 Å². The van der Waals surface area contributed by atoms with Crippen molar-refractivity contribution in [3.05, 3.63) is 23.8 Å². The minimum absolute atomic E-state index is 0.00981. The molecule has 0 heterocycles. The van der Waals surface area contributed by atoms with Gasteiger partial charge >= 0.3 is 0 Å². The first kappa shape index (κ1) is 13.2. The van der Waals surface area contributed by atoms with Gasteiger partial charge in [0.25, 0.3) is 0 Å². The maximum absolute atomic E-state index is 6.12. The fraction of sp³-hybridized carbons (Fsp3) is 0.600. The van der Waals surface area contributed by atoms with E-state index < -0.39 is 0 Å². The number of hydrogen-bond donors (Lipinski definition) is 1. The van der Waals surface area contributed by atoms with Crippen LogP contribution in [0.25, 0.3) is 0 Å². The van der Waals surface area contributed by atoms with Crippen LogP contribution >= 0.6 is 0 Å². The fourth-order valence-corrected chi connectivity index (χ4v) is 2.45. The number of nitrogens with two attached hydrogens (primary N) is 1. The Morgan fingerprint density at radius 2 is 2.17 bits per heavy atom. The lowest BCUT2D eigenvalue weighted by Gasteiger charge is -2.28. The Hall–Kier alpha value is -1.22. The van der Waals surface area contributed by atoms with Crippen molar-refractivity contribution in [1.82, 2.24) is 0 Å². The van der Waals surface area contributed by atoms with Crippen LogP contribution in [0, 0.1) is 5.92 Å². The van der Waals surface area contributed by atoms with Gasteiger partial charge in [-0.05, 0) is 44.7 Å². The first-order valence-electron chi connectivity index (χ1n) is 6.84. The third-order valence-electron chi connectivity index (χ3n) is 3.62. The van der Waals surface area contributed by atoms with E-state index in [2.05, 4.69) is 24.0 Å². The van der Waals surface area contributed by atoms with Gasteiger partial charge in [-0.2, -0.15) is 0 Å². The second-order valence-corrected chi connectivity index (χ2v) is 5.16. The molecule has 3 heteroatoms. The molecule has 1 fully saturated rings. The molecule has 1 aliphatic carbocycles. The van der Waals surface area contributed by atoms with Crippen molar-refractivity contribution in [3.8, 4) is 5.75 Å². The van der Waals surface area contributed by atoms with Gasteiger partial charge < -0.3 is 15.4 Å². The summed E-state index contributed by atoms with van der Waals surface area (Å²) in [5.74, 6) is 1.77. The van der Waals surface area contributed by atoms with Gasteiger partial charge in [-0.15, -0.1) is 0 Å². The Morgan fingerprint density at radius 3 is 2.67 bits per heavy atom.